The van der Waals surface area contributed by atoms with Gasteiger partial charge in [-0.05, 0) is 25.0 Å². The molecule has 82 valence electrons. The van der Waals surface area contributed by atoms with Crippen molar-refractivity contribution in [3.8, 4) is 0 Å². The highest BCUT2D eigenvalue weighted by Crippen LogP contribution is 2.14. The topological polar surface area (TPSA) is 33.5 Å². The summed E-state index contributed by atoms with van der Waals surface area (Å²) in [4.78, 5) is 13.7. The highest BCUT2D eigenvalue weighted by atomic mass is 16.3. The zero-order valence-electron chi connectivity index (χ0n) is 8.95. The van der Waals surface area contributed by atoms with Gasteiger partial charge in [-0.1, -0.05) is 12.8 Å². The van der Waals surface area contributed by atoms with Gasteiger partial charge in [-0.2, -0.15) is 0 Å². The molecule has 1 aromatic heterocycles. The van der Waals surface area contributed by atoms with E-state index >= 15 is 0 Å². The quantitative estimate of drug-likeness (QED) is 0.746. The van der Waals surface area contributed by atoms with E-state index in [-0.39, 0.29) is 5.91 Å². The van der Waals surface area contributed by atoms with Crippen molar-refractivity contribution in [2.75, 3.05) is 6.54 Å². The Hall–Kier alpha value is -1.25. The number of carbonyl (C=O) groups excluding carboxylic acids is 1. The summed E-state index contributed by atoms with van der Waals surface area (Å²) in [6.45, 7) is 1.51. The lowest BCUT2D eigenvalue weighted by Gasteiger charge is -2.23. The Kier molecular flexibility index (Phi) is 3.43. The van der Waals surface area contributed by atoms with Gasteiger partial charge < -0.3 is 9.32 Å². The Morgan fingerprint density at radius 3 is 2.93 bits per heavy atom. The molecule has 0 atom stereocenters. The normalized spacial score (nSPS) is 18.7. The minimum atomic E-state index is 0.270. The van der Waals surface area contributed by atoms with Gasteiger partial charge in [-0.15, -0.1) is 0 Å². The molecule has 0 bridgehead atoms. The summed E-state index contributed by atoms with van der Waals surface area (Å²) in [7, 11) is 0. The van der Waals surface area contributed by atoms with Gasteiger partial charge in [0.1, 0.15) is 5.76 Å². The van der Waals surface area contributed by atoms with Crippen molar-refractivity contribution >= 4 is 5.91 Å². The minimum Gasteiger partial charge on any atom is -0.467 e. The molecule has 0 spiro atoms. The van der Waals surface area contributed by atoms with Crippen LogP contribution in [0.15, 0.2) is 22.8 Å². The molecular formula is C12H17NO2. The van der Waals surface area contributed by atoms with Gasteiger partial charge >= 0.3 is 0 Å². The second kappa shape index (κ2) is 5.01. The van der Waals surface area contributed by atoms with E-state index in [2.05, 4.69) is 0 Å². The number of furan rings is 1. The summed E-state index contributed by atoms with van der Waals surface area (Å²) in [5.74, 6) is 1.15. The molecule has 1 aliphatic rings. The van der Waals surface area contributed by atoms with Gasteiger partial charge in [-0.25, -0.2) is 0 Å². The van der Waals surface area contributed by atoms with Gasteiger partial charge in [0.05, 0.1) is 12.8 Å². The van der Waals surface area contributed by atoms with E-state index in [4.69, 9.17) is 4.42 Å². The van der Waals surface area contributed by atoms with Crippen molar-refractivity contribution < 1.29 is 9.21 Å². The summed E-state index contributed by atoms with van der Waals surface area (Å²) in [6, 6.07) is 3.79. The predicted octanol–water partition coefficient (Wildman–Crippen LogP) is 2.57. The van der Waals surface area contributed by atoms with E-state index in [1.54, 1.807) is 6.26 Å². The SMILES string of the molecule is O=C1CCCCCCN1Cc1ccco1. The summed E-state index contributed by atoms with van der Waals surface area (Å²) in [5, 5.41) is 0. The third-order valence-electron chi connectivity index (χ3n) is 2.85. The van der Waals surface area contributed by atoms with Crippen LogP contribution in [0.3, 0.4) is 0 Å². The van der Waals surface area contributed by atoms with Crippen LogP contribution >= 0.6 is 0 Å². The molecule has 15 heavy (non-hydrogen) atoms. The summed E-state index contributed by atoms with van der Waals surface area (Å²) in [5.41, 5.74) is 0. The van der Waals surface area contributed by atoms with Gasteiger partial charge in [0.25, 0.3) is 0 Å². The van der Waals surface area contributed by atoms with E-state index in [1.807, 2.05) is 17.0 Å². The highest BCUT2D eigenvalue weighted by Gasteiger charge is 2.16. The molecule has 0 unspecified atom stereocenters. The number of amides is 1. The van der Waals surface area contributed by atoms with Crippen LogP contribution in [0.1, 0.15) is 37.9 Å². The molecule has 3 nitrogen and oxygen atoms in total. The molecule has 1 saturated heterocycles. The zero-order valence-corrected chi connectivity index (χ0v) is 8.95. The van der Waals surface area contributed by atoms with E-state index in [1.165, 1.54) is 12.8 Å². The third-order valence-corrected chi connectivity index (χ3v) is 2.85. The second-order valence-electron chi connectivity index (χ2n) is 4.06. The lowest BCUT2D eigenvalue weighted by molar-refractivity contribution is -0.132. The molecule has 0 aliphatic carbocycles. The van der Waals surface area contributed by atoms with E-state index < -0.39 is 0 Å². The smallest absolute Gasteiger partial charge is 0.222 e. The highest BCUT2D eigenvalue weighted by molar-refractivity contribution is 5.76. The van der Waals surface area contributed by atoms with Crippen LogP contribution in [0.4, 0.5) is 0 Å². The largest absolute Gasteiger partial charge is 0.467 e. The zero-order chi connectivity index (χ0) is 10.5. The molecule has 0 aromatic carbocycles. The van der Waals surface area contributed by atoms with Crippen LogP contribution in [-0.4, -0.2) is 17.4 Å². The molecule has 1 amide bonds. The molecular weight excluding hydrogens is 190 g/mol. The summed E-state index contributed by atoms with van der Waals surface area (Å²) >= 11 is 0. The number of hydrogen-bond donors (Lipinski definition) is 0. The maximum atomic E-state index is 11.8. The minimum absolute atomic E-state index is 0.270. The molecule has 0 N–H and O–H groups in total. The monoisotopic (exact) mass is 207 g/mol. The van der Waals surface area contributed by atoms with Gasteiger partial charge in [0, 0.05) is 13.0 Å². The molecule has 2 rings (SSSR count). The van der Waals surface area contributed by atoms with E-state index in [9.17, 15) is 4.79 Å². The van der Waals surface area contributed by atoms with Gasteiger partial charge in [0.2, 0.25) is 5.91 Å². The van der Waals surface area contributed by atoms with Gasteiger partial charge in [0.15, 0.2) is 0 Å². The predicted molar refractivity (Wildman–Crippen MR) is 57.2 cm³/mol. The van der Waals surface area contributed by atoms with Crippen LogP contribution in [0.5, 0.6) is 0 Å². The second-order valence-corrected chi connectivity index (χ2v) is 4.06. The molecule has 0 radical (unpaired) electrons. The first-order valence-corrected chi connectivity index (χ1v) is 5.66. The van der Waals surface area contributed by atoms with Crippen LogP contribution in [-0.2, 0) is 11.3 Å². The van der Waals surface area contributed by atoms with Crippen LogP contribution in [0, 0.1) is 0 Å². The molecule has 1 fully saturated rings. The standard InChI is InChI=1S/C12H17NO2/c14-12-7-3-1-2-4-8-13(12)10-11-6-5-9-15-11/h5-6,9H,1-4,7-8,10H2. The van der Waals surface area contributed by atoms with Crippen molar-refractivity contribution in [2.45, 2.75) is 38.6 Å². The number of carbonyl (C=O) groups is 1. The Bertz CT molecular complexity index is 305. The lowest BCUT2D eigenvalue weighted by atomic mass is 10.1. The van der Waals surface area contributed by atoms with E-state index in [0.29, 0.717) is 13.0 Å². The maximum absolute atomic E-state index is 11.8. The van der Waals surface area contributed by atoms with Crippen molar-refractivity contribution in [2.24, 2.45) is 0 Å². The first-order valence-electron chi connectivity index (χ1n) is 5.66. The van der Waals surface area contributed by atoms with Crippen LogP contribution in [0.25, 0.3) is 0 Å². The summed E-state index contributed by atoms with van der Waals surface area (Å²) < 4.78 is 5.26. The van der Waals surface area contributed by atoms with Crippen molar-refractivity contribution in [3.63, 3.8) is 0 Å². The maximum Gasteiger partial charge on any atom is 0.222 e. The Balaban J connectivity index is 1.95. The lowest BCUT2D eigenvalue weighted by Crippen LogP contribution is -2.32. The van der Waals surface area contributed by atoms with Crippen LogP contribution in [0.2, 0.25) is 0 Å². The average molecular weight is 207 g/mol. The average Bonchev–Trinajstić information content (AvgIpc) is 2.70. The Morgan fingerprint density at radius 1 is 1.27 bits per heavy atom. The van der Waals surface area contributed by atoms with Crippen molar-refractivity contribution in [1.29, 1.82) is 0 Å². The fraction of sp³-hybridized carbons (Fsp3) is 0.583. The van der Waals surface area contributed by atoms with Crippen molar-refractivity contribution in [3.05, 3.63) is 24.2 Å². The number of hydrogen-bond acceptors (Lipinski definition) is 2. The number of nitrogens with zero attached hydrogens (tertiary/aromatic N) is 1. The Labute approximate surface area is 90.1 Å². The van der Waals surface area contributed by atoms with Crippen molar-refractivity contribution in [1.82, 2.24) is 4.90 Å². The van der Waals surface area contributed by atoms with E-state index in [0.717, 1.165) is 25.1 Å². The molecule has 3 heteroatoms. The first-order chi connectivity index (χ1) is 7.36. The third kappa shape index (κ3) is 2.85. The van der Waals surface area contributed by atoms with Crippen LogP contribution < -0.4 is 0 Å². The molecule has 1 aliphatic heterocycles. The number of rotatable bonds is 2. The Morgan fingerprint density at radius 2 is 2.13 bits per heavy atom. The molecule has 1 aromatic rings. The van der Waals surface area contributed by atoms with Gasteiger partial charge in [-0.3, -0.25) is 4.79 Å². The first kappa shape index (κ1) is 10.3. The fourth-order valence-corrected chi connectivity index (χ4v) is 1.97. The number of likely N-dealkylation sites (tertiary alicyclic amines) is 1. The molecule has 2 heterocycles. The fourth-order valence-electron chi connectivity index (χ4n) is 1.97. The molecule has 0 saturated carbocycles. The summed E-state index contributed by atoms with van der Waals surface area (Å²) in [6.07, 6.45) is 6.94.